The molecule has 0 saturated carbocycles. The van der Waals surface area contributed by atoms with Crippen LogP contribution in [0.15, 0.2) is 24.3 Å². The molecule has 1 unspecified atom stereocenters. The molecule has 5 nitrogen and oxygen atoms in total. The minimum Gasteiger partial charge on any atom is -0.481 e. The van der Waals surface area contributed by atoms with Gasteiger partial charge in [-0.15, -0.1) is 0 Å². The average molecular weight is 292 g/mol. The summed E-state index contributed by atoms with van der Waals surface area (Å²) in [6.07, 6.45) is 2.17. The van der Waals surface area contributed by atoms with Crippen molar-refractivity contribution in [3.63, 3.8) is 0 Å². The fraction of sp³-hybridized carbons (Fsp3) is 0.500. The van der Waals surface area contributed by atoms with Gasteiger partial charge in [-0.05, 0) is 51.4 Å². The Labute approximate surface area is 125 Å². The van der Waals surface area contributed by atoms with Gasteiger partial charge in [0.2, 0.25) is 0 Å². The highest BCUT2D eigenvalue weighted by molar-refractivity contribution is 5.95. The first-order chi connectivity index (χ1) is 10.0. The molecule has 0 fully saturated rings. The highest BCUT2D eigenvalue weighted by atomic mass is 16.4. The Morgan fingerprint density at radius 2 is 2.00 bits per heavy atom. The standard InChI is InChI=1S/C16H24N2O3/c1-12(6-5-9-15(19)20)18-16(21)14-8-4-3-7-13(14)10-11-17-2/h3-4,7-8,12,17H,5-6,9-11H2,1-2H3,(H,18,21)(H,19,20). The molecule has 0 aromatic heterocycles. The van der Waals surface area contributed by atoms with Crippen molar-refractivity contribution < 1.29 is 14.7 Å². The van der Waals surface area contributed by atoms with Crippen LogP contribution in [-0.2, 0) is 11.2 Å². The molecule has 0 heterocycles. The Morgan fingerprint density at radius 3 is 2.67 bits per heavy atom. The fourth-order valence-corrected chi connectivity index (χ4v) is 2.15. The van der Waals surface area contributed by atoms with Crippen LogP contribution >= 0.6 is 0 Å². The largest absolute Gasteiger partial charge is 0.481 e. The molecule has 5 heteroatoms. The molecule has 1 aromatic rings. The van der Waals surface area contributed by atoms with Crippen LogP contribution in [0.4, 0.5) is 0 Å². The number of hydrogen-bond acceptors (Lipinski definition) is 3. The van der Waals surface area contributed by atoms with Crippen molar-refractivity contribution in [1.29, 1.82) is 0 Å². The summed E-state index contributed by atoms with van der Waals surface area (Å²) >= 11 is 0. The van der Waals surface area contributed by atoms with E-state index in [1.165, 1.54) is 0 Å². The first-order valence-electron chi connectivity index (χ1n) is 7.29. The van der Waals surface area contributed by atoms with Gasteiger partial charge in [0.15, 0.2) is 0 Å². The molecule has 1 aromatic carbocycles. The predicted octanol–water partition coefficient (Wildman–Crippen LogP) is 1.82. The average Bonchev–Trinajstić information content (AvgIpc) is 2.44. The summed E-state index contributed by atoms with van der Waals surface area (Å²) in [6, 6.07) is 7.53. The van der Waals surface area contributed by atoms with Crippen LogP contribution in [0.25, 0.3) is 0 Å². The summed E-state index contributed by atoms with van der Waals surface area (Å²) in [5, 5.41) is 14.6. The van der Waals surface area contributed by atoms with Crippen molar-refractivity contribution >= 4 is 11.9 Å². The van der Waals surface area contributed by atoms with Gasteiger partial charge in [0.25, 0.3) is 5.91 Å². The molecule has 1 amide bonds. The molecule has 0 radical (unpaired) electrons. The second-order valence-corrected chi connectivity index (χ2v) is 5.17. The van der Waals surface area contributed by atoms with E-state index in [9.17, 15) is 9.59 Å². The summed E-state index contributed by atoms with van der Waals surface area (Å²) in [7, 11) is 1.88. The minimum atomic E-state index is -0.800. The number of carbonyl (C=O) groups excluding carboxylic acids is 1. The lowest BCUT2D eigenvalue weighted by Gasteiger charge is -2.15. The lowest BCUT2D eigenvalue weighted by atomic mass is 10.0. The van der Waals surface area contributed by atoms with Crippen LogP contribution in [0.5, 0.6) is 0 Å². The zero-order valence-electron chi connectivity index (χ0n) is 12.7. The van der Waals surface area contributed by atoms with E-state index < -0.39 is 5.97 Å². The van der Waals surface area contributed by atoms with Gasteiger partial charge in [-0.3, -0.25) is 9.59 Å². The second-order valence-electron chi connectivity index (χ2n) is 5.17. The van der Waals surface area contributed by atoms with Gasteiger partial charge in [0.05, 0.1) is 0 Å². The Kier molecular flexibility index (Phi) is 7.46. The van der Waals surface area contributed by atoms with E-state index >= 15 is 0 Å². The number of likely N-dealkylation sites (N-methyl/N-ethyl adjacent to an activating group) is 1. The zero-order valence-corrected chi connectivity index (χ0v) is 12.7. The molecule has 1 rings (SSSR count). The van der Waals surface area contributed by atoms with E-state index in [0.29, 0.717) is 18.4 Å². The van der Waals surface area contributed by atoms with Crippen LogP contribution in [0.2, 0.25) is 0 Å². The van der Waals surface area contributed by atoms with Crippen LogP contribution < -0.4 is 10.6 Å². The lowest BCUT2D eigenvalue weighted by molar-refractivity contribution is -0.137. The summed E-state index contributed by atoms with van der Waals surface area (Å²) in [5.74, 6) is -0.893. The molecule has 0 spiro atoms. The molecule has 0 aliphatic rings. The van der Waals surface area contributed by atoms with E-state index in [1.807, 2.05) is 38.2 Å². The van der Waals surface area contributed by atoms with Crippen LogP contribution in [-0.4, -0.2) is 36.6 Å². The third-order valence-corrected chi connectivity index (χ3v) is 3.31. The van der Waals surface area contributed by atoms with Crippen LogP contribution in [0.1, 0.15) is 42.1 Å². The third kappa shape index (κ3) is 6.40. The summed E-state index contributed by atoms with van der Waals surface area (Å²) in [5.41, 5.74) is 1.71. The van der Waals surface area contributed by atoms with E-state index in [4.69, 9.17) is 5.11 Å². The summed E-state index contributed by atoms with van der Waals surface area (Å²) in [4.78, 5) is 22.8. The topological polar surface area (TPSA) is 78.4 Å². The van der Waals surface area contributed by atoms with E-state index in [1.54, 1.807) is 0 Å². The third-order valence-electron chi connectivity index (χ3n) is 3.31. The maximum absolute atomic E-state index is 12.3. The van der Waals surface area contributed by atoms with E-state index in [0.717, 1.165) is 18.5 Å². The number of carbonyl (C=O) groups is 2. The van der Waals surface area contributed by atoms with Crippen LogP contribution in [0, 0.1) is 0 Å². The van der Waals surface area contributed by atoms with Gasteiger partial charge < -0.3 is 15.7 Å². The molecular weight excluding hydrogens is 268 g/mol. The normalized spacial score (nSPS) is 11.9. The smallest absolute Gasteiger partial charge is 0.303 e. The van der Waals surface area contributed by atoms with E-state index in [-0.39, 0.29) is 18.4 Å². The molecule has 0 aliphatic heterocycles. The zero-order chi connectivity index (χ0) is 15.7. The molecular formula is C16H24N2O3. The summed E-state index contributed by atoms with van der Waals surface area (Å²) < 4.78 is 0. The molecule has 0 aliphatic carbocycles. The fourth-order valence-electron chi connectivity index (χ4n) is 2.15. The number of hydrogen-bond donors (Lipinski definition) is 3. The molecule has 3 N–H and O–H groups in total. The molecule has 0 saturated heterocycles. The number of amides is 1. The maximum Gasteiger partial charge on any atom is 0.303 e. The number of carboxylic acids is 1. The minimum absolute atomic E-state index is 0.0331. The van der Waals surface area contributed by atoms with Crippen molar-refractivity contribution in [2.75, 3.05) is 13.6 Å². The van der Waals surface area contributed by atoms with Crippen molar-refractivity contribution in [3.05, 3.63) is 35.4 Å². The number of aliphatic carboxylic acids is 1. The van der Waals surface area contributed by atoms with Gasteiger partial charge in [-0.25, -0.2) is 0 Å². The van der Waals surface area contributed by atoms with Gasteiger partial charge in [0.1, 0.15) is 0 Å². The van der Waals surface area contributed by atoms with Gasteiger partial charge in [-0.2, -0.15) is 0 Å². The number of rotatable bonds is 9. The predicted molar refractivity (Wildman–Crippen MR) is 82.5 cm³/mol. The SMILES string of the molecule is CNCCc1ccccc1C(=O)NC(C)CCCC(=O)O. The highest BCUT2D eigenvalue weighted by Crippen LogP contribution is 2.10. The highest BCUT2D eigenvalue weighted by Gasteiger charge is 2.13. The molecule has 116 valence electrons. The first-order valence-corrected chi connectivity index (χ1v) is 7.29. The number of benzene rings is 1. The first kappa shape index (κ1) is 17.2. The van der Waals surface area contributed by atoms with Crippen molar-refractivity contribution in [2.45, 2.75) is 38.6 Å². The van der Waals surface area contributed by atoms with Gasteiger partial charge in [-0.1, -0.05) is 18.2 Å². The Bertz CT molecular complexity index is 474. The molecule has 21 heavy (non-hydrogen) atoms. The number of nitrogens with one attached hydrogen (secondary N) is 2. The Balaban J connectivity index is 2.56. The van der Waals surface area contributed by atoms with E-state index in [2.05, 4.69) is 10.6 Å². The van der Waals surface area contributed by atoms with Gasteiger partial charge in [0, 0.05) is 18.0 Å². The Morgan fingerprint density at radius 1 is 1.29 bits per heavy atom. The Hall–Kier alpha value is -1.88. The quantitative estimate of drug-likeness (QED) is 0.649. The van der Waals surface area contributed by atoms with Crippen molar-refractivity contribution in [2.24, 2.45) is 0 Å². The van der Waals surface area contributed by atoms with Crippen molar-refractivity contribution in [1.82, 2.24) is 10.6 Å². The molecule has 0 bridgehead atoms. The second kappa shape index (κ2) is 9.13. The van der Waals surface area contributed by atoms with Gasteiger partial charge >= 0.3 is 5.97 Å². The number of carboxylic acid groups (broad SMARTS) is 1. The van der Waals surface area contributed by atoms with Crippen LogP contribution in [0.3, 0.4) is 0 Å². The summed E-state index contributed by atoms with van der Waals surface area (Å²) in [6.45, 7) is 2.72. The maximum atomic E-state index is 12.3. The monoisotopic (exact) mass is 292 g/mol. The lowest BCUT2D eigenvalue weighted by Crippen LogP contribution is -2.33. The molecule has 1 atom stereocenters. The van der Waals surface area contributed by atoms with Crippen molar-refractivity contribution in [3.8, 4) is 0 Å².